The maximum absolute atomic E-state index is 12.0. The predicted molar refractivity (Wildman–Crippen MR) is 90.9 cm³/mol. The Kier molecular flexibility index (Phi) is 4.37. The molecule has 1 atom stereocenters. The Bertz CT molecular complexity index is 776. The molecule has 0 aliphatic carbocycles. The SMILES string of the molecule is CNC(=O)[C@H]1CN(Cc2cccc(C(N)=O)c2)c2ccccc2O1. The molecule has 0 saturated carbocycles. The second kappa shape index (κ2) is 6.62. The lowest BCUT2D eigenvalue weighted by Gasteiger charge is -2.35. The van der Waals surface area contributed by atoms with Crippen molar-refractivity contribution in [2.24, 2.45) is 5.73 Å². The molecule has 0 fully saturated rings. The molecular formula is C18H19N3O3. The number of anilines is 1. The first-order valence-corrected chi connectivity index (χ1v) is 7.69. The number of likely N-dealkylation sites (N-methyl/N-ethyl adjacent to an activating group) is 1. The summed E-state index contributed by atoms with van der Waals surface area (Å²) in [5.74, 6) is 0.0475. The van der Waals surface area contributed by atoms with Crippen LogP contribution in [0.2, 0.25) is 0 Å². The normalized spacial score (nSPS) is 16.0. The van der Waals surface area contributed by atoms with Crippen LogP contribution in [0.5, 0.6) is 5.75 Å². The number of hydrogen-bond acceptors (Lipinski definition) is 4. The zero-order valence-corrected chi connectivity index (χ0v) is 13.4. The number of amides is 2. The van der Waals surface area contributed by atoms with Crippen LogP contribution in [0.1, 0.15) is 15.9 Å². The number of hydrogen-bond donors (Lipinski definition) is 2. The van der Waals surface area contributed by atoms with Crippen LogP contribution in [0, 0.1) is 0 Å². The number of benzene rings is 2. The molecule has 0 spiro atoms. The van der Waals surface area contributed by atoms with Gasteiger partial charge in [0.15, 0.2) is 6.10 Å². The smallest absolute Gasteiger partial charge is 0.262 e. The summed E-state index contributed by atoms with van der Waals surface area (Å²) in [6.45, 7) is 0.979. The van der Waals surface area contributed by atoms with E-state index in [0.717, 1.165) is 11.3 Å². The maximum atomic E-state index is 12.0. The van der Waals surface area contributed by atoms with Gasteiger partial charge < -0.3 is 20.7 Å². The van der Waals surface area contributed by atoms with Crippen LogP contribution in [-0.4, -0.2) is 31.5 Å². The highest BCUT2D eigenvalue weighted by Gasteiger charge is 2.30. The maximum Gasteiger partial charge on any atom is 0.262 e. The van der Waals surface area contributed by atoms with Gasteiger partial charge in [0.1, 0.15) is 5.75 Å². The first kappa shape index (κ1) is 15.9. The van der Waals surface area contributed by atoms with Crippen molar-refractivity contribution in [3.8, 4) is 5.75 Å². The number of nitrogens with one attached hydrogen (secondary N) is 1. The molecule has 2 amide bonds. The molecule has 0 unspecified atom stereocenters. The molecule has 6 nitrogen and oxygen atoms in total. The molecule has 24 heavy (non-hydrogen) atoms. The number of fused-ring (bicyclic) bond motifs is 1. The lowest BCUT2D eigenvalue weighted by Crippen LogP contribution is -2.47. The van der Waals surface area contributed by atoms with Gasteiger partial charge in [-0.25, -0.2) is 0 Å². The van der Waals surface area contributed by atoms with Gasteiger partial charge in [0.05, 0.1) is 12.2 Å². The first-order valence-electron chi connectivity index (χ1n) is 7.69. The molecule has 0 saturated heterocycles. The van der Waals surface area contributed by atoms with E-state index in [1.807, 2.05) is 30.3 Å². The van der Waals surface area contributed by atoms with Crippen LogP contribution < -0.4 is 20.7 Å². The molecule has 6 heteroatoms. The summed E-state index contributed by atoms with van der Waals surface area (Å²) < 4.78 is 5.79. The summed E-state index contributed by atoms with van der Waals surface area (Å²) in [7, 11) is 1.59. The van der Waals surface area contributed by atoms with E-state index in [1.54, 1.807) is 25.2 Å². The van der Waals surface area contributed by atoms with E-state index in [9.17, 15) is 9.59 Å². The number of rotatable bonds is 4. The fourth-order valence-corrected chi connectivity index (χ4v) is 2.80. The molecule has 2 aromatic carbocycles. The minimum absolute atomic E-state index is 0.166. The van der Waals surface area contributed by atoms with Crippen molar-refractivity contribution in [2.75, 3.05) is 18.5 Å². The van der Waals surface area contributed by atoms with Gasteiger partial charge in [-0.1, -0.05) is 24.3 Å². The average molecular weight is 325 g/mol. The highest BCUT2D eigenvalue weighted by molar-refractivity contribution is 5.92. The molecule has 1 heterocycles. The number of carbonyl (C=O) groups is 2. The quantitative estimate of drug-likeness (QED) is 0.887. The Labute approximate surface area is 140 Å². The Morgan fingerprint density at radius 3 is 2.79 bits per heavy atom. The third-order valence-corrected chi connectivity index (χ3v) is 3.99. The Morgan fingerprint density at radius 2 is 2.04 bits per heavy atom. The molecule has 1 aliphatic heterocycles. The summed E-state index contributed by atoms with van der Waals surface area (Å²) in [6.07, 6.45) is -0.579. The van der Waals surface area contributed by atoms with Crippen LogP contribution in [0.3, 0.4) is 0 Å². The monoisotopic (exact) mass is 325 g/mol. The van der Waals surface area contributed by atoms with Crippen LogP contribution in [0.15, 0.2) is 48.5 Å². The highest BCUT2D eigenvalue weighted by atomic mass is 16.5. The van der Waals surface area contributed by atoms with Crippen LogP contribution in [-0.2, 0) is 11.3 Å². The first-order chi connectivity index (χ1) is 11.6. The van der Waals surface area contributed by atoms with Crippen LogP contribution >= 0.6 is 0 Å². The van der Waals surface area contributed by atoms with Crippen molar-refractivity contribution in [2.45, 2.75) is 12.6 Å². The molecule has 2 aromatic rings. The van der Waals surface area contributed by atoms with E-state index in [-0.39, 0.29) is 5.91 Å². The number of carbonyl (C=O) groups excluding carboxylic acids is 2. The summed E-state index contributed by atoms with van der Waals surface area (Å²) in [5, 5.41) is 2.62. The fraction of sp³-hybridized carbons (Fsp3) is 0.222. The van der Waals surface area contributed by atoms with Gasteiger partial charge in [-0.05, 0) is 29.8 Å². The summed E-state index contributed by atoms with van der Waals surface area (Å²) in [5.41, 5.74) is 7.68. The van der Waals surface area contributed by atoms with Crippen molar-refractivity contribution in [3.63, 3.8) is 0 Å². The predicted octanol–water partition coefficient (Wildman–Crippen LogP) is 1.30. The van der Waals surface area contributed by atoms with Gasteiger partial charge in [-0.3, -0.25) is 9.59 Å². The van der Waals surface area contributed by atoms with Crippen molar-refractivity contribution >= 4 is 17.5 Å². The third kappa shape index (κ3) is 3.17. The van der Waals surface area contributed by atoms with Crippen LogP contribution in [0.4, 0.5) is 5.69 Å². The Hall–Kier alpha value is -3.02. The Morgan fingerprint density at radius 1 is 1.25 bits per heavy atom. The fourth-order valence-electron chi connectivity index (χ4n) is 2.80. The molecule has 0 aromatic heterocycles. The second-order valence-corrected chi connectivity index (χ2v) is 5.63. The van der Waals surface area contributed by atoms with Gasteiger partial charge in [0, 0.05) is 19.2 Å². The lowest BCUT2D eigenvalue weighted by atomic mass is 10.1. The third-order valence-electron chi connectivity index (χ3n) is 3.99. The van der Waals surface area contributed by atoms with Gasteiger partial charge in [-0.2, -0.15) is 0 Å². The molecule has 0 radical (unpaired) electrons. The Balaban J connectivity index is 1.89. The van der Waals surface area contributed by atoms with Gasteiger partial charge in [0.25, 0.3) is 5.91 Å². The molecule has 124 valence electrons. The summed E-state index contributed by atoms with van der Waals surface area (Å²) in [6, 6.07) is 14.8. The van der Waals surface area contributed by atoms with Crippen LogP contribution in [0.25, 0.3) is 0 Å². The number of ether oxygens (including phenoxy) is 1. The number of para-hydroxylation sites is 2. The van der Waals surface area contributed by atoms with E-state index in [0.29, 0.717) is 24.4 Å². The molecule has 3 rings (SSSR count). The minimum Gasteiger partial charge on any atom is -0.477 e. The zero-order chi connectivity index (χ0) is 17.1. The number of nitrogens with zero attached hydrogens (tertiary/aromatic N) is 1. The standard InChI is InChI=1S/C18H19N3O3/c1-20-18(23)16-11-21(14-7-2-3-8-15(14)24-16)10-12-5-4-6-13(9-12)17(19)22/h2-9,16H,10-11H2,1H3,(H2,19,22)(H,20,23)/t16-/m1/s1. The van der Waals surface area contributed by atoms with Gasteiger partial charge in [-0.15, -0.1) is 0 Å². The van der Waals surface area contributed by atoms with E-state index < -0.39 is 12.0 Å². The van der Waals surface area contributed by atoms with Gasteiger partial charge >= 0.3 is 0 Å². The minimum atomic E-state index is -0.579. The summed E-state index contributed by atoms with van der Waals surface area (Å²) in [4.78, 5) is 25.4. The van der Waals surface area contributed by atoms with Crippen molar-refractivity contribution in [1.29, 1.82) is 0 Å². The second-order valence-electron chi connectivity index (χ2n) is 5.63. The molecule has 0 bridgehead atoms. The lowest BCUT2D eigenvalue weighted by molar-refractivity contribution is -0.127. The molecule has 1 aliphatic rings. The van der Waals surface area contributed by atoms with Crippen molar-refractivity contribution in [1.82, 2.24) is 5.32 Å². The van der Waals surface area contributed by atoms with E-state index in [1.165, 1.54) is 0 Å². The van der Waals surface area contributed by atoms with E-state index >= 15 is 0 Å². The van der Waals surface area contributed by atoms with E-state index in [4.69, 9.17) is 10.5 Å². The van der Waals surface area contributed by atoms with Crippen molar-refractivity contribution < 1.29 is 14.3 Å². The zero-order valence-electron chi connectivity index (χ0n) is 13.4. The average Bonchev–Trinajstić information content (AvgIpc) is 2.61. The largest absolute Gasteiger partial charge is 0.477 e. The summed E-state index contributed by atoms with van der Waals surface area (Å²) >= 11 is 0. The molecule has 3 N–H and O–H groups in total. The van der Waals surface area contributed by atoms with Gasteiger partial charge in [0.2, 0.25) is 5.91 Å². The number of nitrogens with two attached hydrogens (primary N) is 1. The number of primary amides is 1. The molecular weight excluding hydrogens is 306 g/mol. The topological polar surface area (TPSA) is 84.7 Å². The van der Waals surface area contributed by atoms with E-state index in [2.05, 4.69) is 10.2 Å². The van der Waals surface area contributed by atoms with Crippen molar-refractivity contribution in [3.05, 3.63) is 59.7 Å². The highest BCUT2D eigenvalue weighted by Crippen LogP contribution is 2.34.